The van der Waals surface area contributed by atoms with Crippen LogP contribution in [0, 0.1) is 6.92 Å². The number of methoxy groups -OCH3 is 3. The molecule has 1 aromatic heterocycles. The Hall–Kier alpha value is -4.56. The van der Waals surface area contributed by atoms with Crippen LogP contribution in [0.4, 0.5) is 5.69 Å². The van der Waals surface area contributed by atoms with Gasteiger partial charge in [0.05, 0.1) is 27.0 Å². The summed E-state index contributed by atoms with van der Waals surface area (Å²) in [6, 6.07) is 17.2. The number of quaternary nitrogens is 1. The van der Waals surface area contributed by atoms with Crippen molar-refractivity contribution in [2.75, 3.05) is 26.6 Å². The minimum Gasteiger partial charge on any atom is -0.495 e. The van der Waals surface area contributed by atoms with E-state index >= 15 is 0 Å². The van der Waals surface area contributed by atoms with Gasteiger partial charge < -0.3 is 29.8 Å². The first-order chi connectivity index (χ1) is 18.9. The zero-order valence-corrected chi connectivity index (χ0v) is 22.5. The van der Waals surface area contributed by atoms with Gasteiger partial charge in [-0.15, -0.1) is 0 Å². The van der Waals surface area contributed by atoms with Crippen LogP contribution in [-0.2, 0) is 11.2 Å². The lowest BCUT2D eigenvalue weighted by atomic mass is 9.99. The Balaban J connectivity index is 1.39. The second-order valence-corrected chi connectivity index (χ2v) is 9.59. The molecule has 0 radical (unpaired) electrons. The largest absolute Gasteiger partial charge is 0.495 e. The summed E-state index contributed by atoms with van der Waals surface area (Å²) in [6.45, 7) is 1.95. The first kappa shape index (κ1) is 26.1. The molecule has 0 fully saturated rings. The number of aromatic nitrogens is 1. The van der Waals surface area contributed by atoms with E-state index in [0.29, 0.717) is 35.1 Å². The van der Waals surface area contributed by atoms with E-state index in [1.807, 2.05) is 49.4 Å². The van der Waals surface area contributed by atoms with Crippen molar-refractivity contribution in [1.29, 1.82) is 0 Å². The standard InChI is InChI=1S/C31H31N3O5/c1-18-11-23(16-28(37-3)30(18)38-4)29-24(17-39-34-29)22-9-10-27(36-2)26(15-22)33-31(35)25(32)14-19-12-20-7-5-6-8-21(20)13-19/h5-12,15-17,25H,13-14,32H2,1-4H3,(H,33,35)/p+1. The van der Waals surface area contributed by atoms with E-state index in [-0.39, 0.29) is 5.91 Å². The van der Waals surface area contributed by atoms with Gasteiger partial charge in [-0.2, -0.15) is 0 Å². The smallest absolute Gasteiger partial charge is 0.282 e. The van der Waals surface area contributed by atoms with Crippen LogP contribution in [0.15, 0.2) is 71.0 Å². The average molecular weight is 527 g/mol. The lowest BCUT2D eigenvalue weighted by Crippen LogP contribution is -2.66. The maximum Gasteiger partial charge on any atom is 0.282 e. The third kappa shape index (κ3) is 5.24. The monoisotopic (exact) mass is 526 g/mol. The molecule has 0 bridgehead atoms. The van der Waals surface area contributed by atoms with Crippen molar-refractivity contribution < 1.29 is 29.3 Å². The Morgan fingerprint density at radius 3 is 2.56 bits per heavy atom. The SMILES string of the molecule is COc1ccc(-c2conc2-c2cc(C)c(OC)c(OC)c2)cc1NC(=O)C([NH3+])CC1=Cc2ccccc2C1. The van der Waals surface area contributed by atoms with Gasteiger partial charge in [0, 0.05) is 17.5 Å². The Morgan fingerprint density at radius 1 is 1.03 bits per heavy atom. The number of hydrogen-bond donors (Lipinski definition) is 2. The summed E-state index contributed by atoms with van der Waals surface area (Å²) in [6.07, 6.45) is 5.17. The Bertz CT molecular complexity index is 1560. The van der Waals surface area contributed by atoms with Crippen LogP contribution in [-0.4, -0.2) is 38.4 Å². The number of amides is 1. The van der Waals surface area contributed by atoms with E-state index in [9.17, 15) is 4.79 Å². The number of carbonyl (C=O) groups is 1. The van der Waals surface area contributed by atoms with Crippen LogP contribution >= 0.6 is 0 Å². The van der Waals surface area contributed by atoms with E-state index in [4.69, 9.17) is 18.7 Å². The van der Waals surface area contributed by atoms with Gasteiger partial charge in [0.25, 0.3) is 5.91 Å². The molecule has 5 rings (SSSR count). The van der Waals surface area contributed by atoms with Crippen LogP contribution in [0.25, 0.3) is 28.5 Å². The molecule has 4 N–H and O–H groups in total. The van der Waals surface area contributed by atoms with Gasteiger partial charge >= 0.3 is 0 Å². The van der Waals surface area contributed by atoms with E-state index in [2.05, 4.69) is 34.4 Å². The van der Waals surface area contributed by atoms with E-state index < -0.39 is 6.04 Å². The zero-order chi connectivity index (χ0) is 27.5. The van der Waals surface area contributed by atoms with Gasteiger partial charge in [0.2, 0.25) is 0 Å². The number of fused-ring (bicyclic) bond motifs is 1. The lowest BCUT2D eigenvalue weighted by Gasteiger charge is -2.15. The maximum absolute atomic E-state index is 13.2. The molecular weight excluding hydrogens is 494 g/mol. The van der Waals surface area contributed by atoms with Gasteiger partial charge in [-0.05, 0) is 59.9 Å². The number of aryl methyl sites for hydroxylation is 1. The molecule has 0 spiro atoms. The highest BCUT2D eigenvalue weighted by Crippen LogP contribution is 2.40. The van der Waals surface area contributed by atoms with Crippen molar-refractivity contribution in [3.8, 4) is 39.6 Å². The van der Waals surface area contributed by atoms with Crippen LogP contribution in [0.2, 0.25) is 0 Å². The molecule has 39 heavy (non-hydrogen) atoms. The van der Waals surface area contributed by atoms with Crippen molar-refractivity contribution >= 4 is 17.7 Å². The molecule has 0 saturated heterocycles. The topological polar surface area (TPSA) is 110 Å². The fourth-order valence-electron chi connectivity index (χ4n) is 5.04. The first-order valence-corrected chi connectivity index (χ1v) is 12.7. The number of nitrogens with one attached hydrogen (secondary N) is 1. The normalized spacial score (nSPS) is 12.9. The van der Waals surface area contributed by atoms with Crippen molar-refractivity contribution in [2.45, 2.75) is 25.8 Å². The molecule has 1 heterocycles. The summed E-state index contributed by atoms with van der Waals surface area (Å²) in [5, 5.41) is 7.28. The number of hydrogen-bond acceptors (Lipinski definition) is 6. The van der Waals surface area contributed by atoms with Gasteiger partial charge in [0.15, 0.2) is 17.5 Å². The highest BCUT2D eigenvalue weighted by molar-refractivity contribution is 5.96. The molecule has 1 atom stereocenters. The van der Waals surface area contributed by atoms with Crippen molar-refractivity contribution in [2.24, 2.45) is 0 Å². The molecule has 200 valence electrons. The molecular formula is C31H32N3O5+. The third-order valence-corrected chi connectivity index (χ3v) is 6.99. The summed E-state index contributed by atoms with van der Waals surface area (Å²) in [7, 11) is 4.78. The first-order valence-electron chi connectivity index (χ1n) is 12.7. The van der Waals surface area contributed by atoms with Crippen molar-refractivity contribution in [3.63, 3.8) is 0 Å². The predicted octanol–water partition coefficient (Wildman–Crippen LogP) is 4.92. The Labute approximate surface area is 227 Å². The lowest BCUT2D eigenvalue weighted by molar-refractivity contribution is -0.401. The number of ether oxygens (including phenoxy) is 3. The molecule has 1 amide bonds. The summed E-state index contributed by atoms with van der Waals surface area (Å²) < 4.78 is 21.9. The number of anilines is 1. The van der Waals surface area contributed by atoms with Crippen LogP contribution in [0.3, 0.4) is 0 Å². The minimum absolute atomic E-state index is 0.177. The van der Waals surface area contributed by atoms with Gasteiger partial charge in [0.1, 0.15) is 17.7 Å². The fourth-order valence-corrected chi connectivity index (χ4v) is 5.04. The summed E-state index contributed by atoms with van der Waals surface area (Å²) in [5.41, 5.74) is 12.3. The summed E-state index contributed by atoms with van der Waals surface area (Å²) >= 11 is 0. The van der Waals surface area contributed by atoms with Crippen LogP contribution < -0.4 is 25.3 Å². The second-order valence-electron chi connectivity index (χ2n) is 9.59. The highest BCUT2D eigenvalue weighted by atomic mass is 16.5. The molecule has 8 heteroatoms. The summed E-state index contributed by atoms with van der Waals surface area (Å²) in [4.78, 5) is 13.2. The molecule has 1 unspecified atom stereocenters. The predicted molar refractivity (Wildman–Crippen MR) is 150 cm³/mol. The second kappa shape index (κ2) is 11.0. The Morgan fingerprint density at radius 2 is 1.82 bits per heavy atom. The van der Waals surface area contributed by atoms with E-state index in [1.54, 1.807) is 27.6 Å². The zero-order valence-electron chi connectivity index (χ0n) is 22.5. The molecule has 3 aromatic carbocycles. The van der Waals surface area contributed by atoms with Gasteiger partial charge in [-0.1, -0.05) is 47.1 Å². The van der Waals surface area contributed by atoms with Crippen LogP contribution in [0.1, 0.15) is 23.1 Å². The van der Waals surface area contributed by atoms with Gasteiger partial charge in [-0.25, -0.2) is 0 Å². The third-order valence-electron chi connectivity index (χ3n) is 6.99. The Kier molecular flexibility index (Phi) is 7.38. The average Bonchev–Trinajstić information content (AvgIpc) is 3.59. The summed E-state index contributed by atoms with van der Waals surface area (Å²) in [5.74, 6) is 1.64. The number of rotatable bonds is 9. The minimum atomic E-state index is -0.459. The molecule has 8 nitrogen and oxygen atoms in total. The molecule has 0 aliphatic heterocycles. The van der Waals surface area contributed by atoms with Gasteiger partial charge in [-0.3, -0.25) is 4.79 Å². The molecule has 4 aromatic rings. The van der Waals surface area contributed by atoms with Crippen molar-refractivity contribution in [1.82, 2.24) is 5.16 Å². The fraction of sp³-hybridized carbons (Fsp3) is 0.226. The quantitative estimate of drug-likeness (QED) is 0.320. The van der Waals surface area contributed by atoms with Crippen molar-refractivity contribution in [3.05, 3.63) is 83.1 Å². The molecule has 1 aliphatic rings. The molecule has 1 aliphatic carbocycles. The highest BCUT2D eigenvalue weighted by Gasteiger charge is 2.24. The number of nitrogens with zero attached hydrogens (tertiary/aromatic N) is 1. The number of benzene rings is 3. The number of carbonyl (C=O) groups excluding carboxylic acids is 1. The van der Waals surface area contributed by atoms with E-state index in [0.717, 1.165) is 28.7 Å². The van der Waals surface area contributed by atoms with E-state index in [1.165, 1.54) is 16.7 Å². The molecule has 0 saturated carbocycles. The van der Waals surface area contributed by atoms with Crippen LogP contribution in [0.5, 0.6) is 17.2 Å². The maximum atomic E-state index is 13.2.